The zero-order valence-corrected chi connectivity index (χ0v) is 20.0. The van der Waals surface area contributed by atoms with Gasteiger partial charge in [0.2, 0.25) is 11.8 Å². The van der Waals surface area contributed by atoms with Gasteiger partial charge in [0.25, 0.3) is 0 Å². The molecule has 0 aliphatic heterocycles. The van der Waals surface area contributed by atoms with Gasteiger partial charge in [-0.1, -0.05) is 49.4 Å². The molecule has 0 aromatic heterocycles. The van der Waals surface area contributed by atoms with Gasteiger partial charge in [0.1, 0.15) is 11.8 Å². The lowest BCUT2D eigenvalue weighted by Gasteiger charge is -2.33. The van der Waals surface area contributed by atoms with Gasteiger partial charge in [-0.05, 0) is 50.5 Å². The average molecular weight is 443 g/mol. The molecule has 2 aromatic carbocycles. The molecule has 1 N–H and O–H groups in total. The number of carbonyl (C=O) groups excluding carboxylic acids is 2. The second-order valence-corrected chi connectivity index (χ2v) is 9.50. The predicted octanol–water partition coefficient (Wildman–Crippen LogP) is 4.65. The normalized spacial score (nSPS) is 12.2. The smallest absolute Gasteiger partial charge is 0.243 e. The lowest BCUT2D eigenvalue weighted by molar-refractivity contribution is -0.140. The summed E-state index contributed by atoms with van der Waals surface area (Å²) < 4.78 is 5.19. The minimum Gasteiger partial charge on any atom is -0.497 e. The Bertz CT molecular complexity index is 832. The zero-order valence-electron chi connectivity index (χ0n) is 19.2. The van der Waals surface area contributed by atoms with Crippen LogP contribution in [-0.4, -0.2) is 41.2 Å². The van der Waals surface area contributed by atoms with Crippen molar-refractivity contribution in [2.24, 2.45) is 0 Å². The van der Waals surface area contributed by atoms with E-state index in [9.17, 15) is 9.59 Å². The molecule has 5 nitrogen and oxygen atoms in total. The van der Waals surface area contributed by atoms with Gasteiger partial charge in [-0.25, -0.2) is 0 Å². The van der Waals surface area contributed by atoms with Crippen LogP contribution in [0.3, 0.4) is 0 Å². The first-order valence-electron chi connectivity index (χ1n) is 10.6. The SMILES string of the molecule is CC[C@H](C(=O)NC(C)(C)C)N(Cc1ccccc1)C(=O)CSCc1ccc(OC)cc1. The minimum atomic E-state index is -0.506. The number of methoxy groups -OCH3 is 1. The fourth-order valence-electron chi connectivity index (χ4n) is 3.21. The van der Waals surface area contributed by atoms with E-state index in [0.717, 1.165) is 22.6 Å². The van der Waals surface area contributed by atoms with Crippen LogP contribution in [0.15, 0.2) is 54.6 Å². The number of amides is 2. The molecule has 6 heteroatoms. The molecule has 0 spiro atoms. The van der Waals surface area contributed by atoms with Crippen LogP contribution in [0.25, 0.3) is 0 Å². The maximum absolute atomic E-state index is 13.2. The number of nitrogens with one attached hydrogen (secondary N) is 1. The Morgan fingerprint density at radius 2 is 1.68 bits per heavy atom. The van der Waals surface area contributed by atoms with E-state index in [2.05, 4.69) is 5.32 Å². The van der Waals surface area contributed by atoms with E-state index < -0.39 is 6.04 Å². The standard InChI is InChI=1S/C25H34N2O3S/c1-6-22(24(29)26-25(2,3)4)27(16-19-10-8-7-9-11-19)23(28)18-31-17-20-12-14-21(30-5)15-13-20/h7-15,22H,6,16-18H2,1-5H3,(H,26,29)/t22-/m1/s1. The fourth-order valence-corrected chi connectivity index (χ4v) is 4.08. The van der Waals surface area contributed by atoms with Crippen LogP contribution in [0.1, 0.15) is 45.2 Å². The van der Waals surface area contributed by atoms with Crippen LogP contribution < -0.4 is 10.1 Å². The van der Waals surface area contributed by atoms with Crippen LogP contribution in [0.4, 0.5) is 0 Å². The van der Waals surface area contributed by atoms with E-state index in [0.29, 0.717) is 18.7 Å². The average Bonchev–Trinajstić information content (AvgIpc) is 2.73. The van der Waals surface area contributed by atoms with Gasteiger partial charge >= 0.3 is 0 Å². The van der Waals surface area contributed by atoms with Crippen LogP contribution >= 0.6 is 11.8 Å². The van der Waals surface area contributed by atoms with Crippen LogP contribution in [-0.2, 0) is 21.9 Å². The summed E-state index contributed by atoms with van der Waals surface area (Å²) >= 11 is 1.56. The summed E-state index contributed by atoms with van der Waals surface area (Å²) in [4.78, 5) is 27.9. The van der Waals surface area contributed by atoms with E-state index in [4.69, 9.17) is 4.74 Å². The summed E-state index contributed by atoms with van der Waals surface area (Å²) in [6, 6.07) is 17.2. The molecule has 0 aliphatic carbocycles. The van der Waals surface area contributed by atoms with Crippen molar-refractivity contribution in [2.45, 2.75) is 58.0 Å². The third-order valence-corrected chi connectivity index (χ3v) is 5.72. The highest BCUT2D eigenvalue weighted by Gasteiger charge is 2.30. The van der Waals surface area contributed by atoms with E-state index >= 15 is 0 Å². The van der Waals surface area contributed by atoms with E-state index in [1.54, 1.807) is 23.8 Å². The lowest BCUT2D eigenvalue weighted by Crippen LogP contribution is -2.53. The Morgan fingerprint density at radius 1 is 1.03 bits per heavy atom. The highest BCUT2D eigenvalue weighted by Crippen LogP contribution is 2.19. The molecule has 0 aliphatic rings. The number of nitrogens with zero attached hydrogens (tertiary/aromatic N) is 1. The molecule has 0 saturated carbocycles. The number of thioether (sulfide) groups is 1. The summed E-state index contributed by atoms with van der Waals surface area (Å²) in [5.74, 6) is 1.71. The van der Waals surface area contributed by atoms with Gasteiger partial charge in [-0.3, -0.25) is 9.59 Å². The molecule has 0 bridgehead atoms. The van der Waals surface area contributed by atoms with Crippen molar-refractivity contribution in [2.75, 3.05) is 12.9 Å². The largest absolute Gasteiger partial charge is 0.497 e. The molecule has 2 amide bonds. The lowest BCUT2D eigenvalue weighted by atomic mass is 10.1. The van der Waals surface area contributed by atoms with Gasteiger partial charge < -0.3 is 15.0 Å². The molecule has 2 aromatic rings. The summed E-state index contributed by atoms with van der Waals surface area (Å²) in [6.45, 7) is 8.21. The summed E-state index contributed by atoms with van der Waals surface area (Å²) in [5.41, 5.74) is 1.79. The number of rotatable bonds is 10. The Balaban J connectivity index is 2.09. The summed E-state index contributed by atoms with van der Waals surface area (Å²) in [6.07, 6.45) is 0.559. The van der Waals surface area contributed by atoms with Crippen LogP contribution in [0.2, 0.25) is 0 Å². The number of hydrogen-bond acceptors (Lipinski definition) is 4. The Morgan fingerprint density at radius 3 is 2.23 bits per heavy atom. The third kappa shape index (κ3) is 8.29. The molecule has 2 rings (SSSR count). The zero-order chi connectivity index (χ0) is 22.9. The molecule has 0 fully saturated rings. The first kappa shape index (κ1) is 24.8. The maximum Gasteiger partial charge on any atom is 0.243 e. The molecule has 168 valence electrons. The van der Waals surface area contributed by atoms with Crippen molar-refractivity contribution >= 4 is 23.6 Å². The van der Waals surface area contributed by atoms with E-state index in [-0.39, 0.29) is 17.4 Å². The molecular formula is C25H34N2O3S. The topological polar surface area (TPSA) is 58.6 Å². The van der Waals surface area contributed by atoms with Gasteiger partial charge in [0, 0.05) is 17.8 Å². The third-order valence-electron chi connectivity index (χ3n) is 4.73. The number of ether oxygens (including phenoxy) is 1. The molecule has 0 saturated heterocycles. The first-order valence-corrected chi connectivity index (χ1v) is 11.7. The van der Waals surface area contributed by atoms with Gasteiger partial charge in [-0.15, -0.1) is 11.8 Å². The fraction of sp³-hybridized carbons (Fsp3) is 0.440. The van der Waals surface area contributed by atoms with Gasteiger partial charge in [0.15, 0.2) is 0 Å². The highest BCUT2D eigenvalue weighted by atomic mass is 32.2. The van der Waals surface area contributed by atoms with Gasteiger partial charge in [-0.2, -0.15) is 0 Å². The van der Waals surface area contributed by atoms with E-state index in [1.807, 2.05) is 82.3 Å². The van der Waals surface area contributed by atoms with Crippen molar-refractivity contribution in [3.05, 3.63) is 65.7 Å². The minimum absolute atomic E-state index is 0.0294. The quantitative estimate of drug-likeness (QED) is 0.582. The van der Waals surface area contributed by atoms with Crippen molar-refractivity contribution < 1.29 is 14.3 Å². The highest BCUT2D eigenvalue weighted by molar-refractivity contribution is 7.99. The van der Waals surface area contributed by atoms with Crippen LogP contribution in [0.5, 0.6) is 5.75 Å². The number of hydrogen-bond donors (Lipinski definition) is 1. The summed E-state index contributed by atoms with van der Waals surface area (Å²) in [5, 5.41) is 3.03. The predicted molar refractivity (Wildman–Crippen MR) is 128 cm³/mol. The Hall–Kier alpha value is -2.47. The monoisotopic (exact) mass is 442 g/mol. The molecule has 0 radical (unpaired) electrons. The molecule has 1 atom stereocenters. The van der Waals surface area contributed by atoms with Crippen molar-refractivity contribution in [1.29, 1.82) is 0 Å². The first-order chi connectivity index (χ1) is 14.7. The second-order valence-electron chi connectivity index (χ2n) is 8.51. The Kier molecular flexibility index (Phi) is 9.44. The van der Waals surface area contributed by atoms with Crippen molar-refractivity contribution in [1.82, 2.24) is 10.2 Å². The molecule has 31 heavy (non-hydrogen) atoms. The van der Waals surface area contributed by atoms with Gasteiger partial charge in [0.05, 0.1) is 12.9 Å². The van der Waals surface area contributed by atoms with Crippen molar-refractivity contribution in [3.63, 3.8) is 0 Å². The molecule has 0 heterocycles. The maximum atomic E-state index is 13.2. The molecule has 0 unspecified atom stereocenters. The molecular weight excluding hydrogens is 408 g/mol. The van der Waals surface area contributed by atoms with Crippen LogP contribution in [0, 0.1) is 0 Å². The second kappa shape index (κ2) is 11.8. The van der Waals surface area contributed by atoms with E-state index in [1.165, 1.54) is 0 Å². The number of carbonyl (C=O) groups is 2. The summed E-state index contributed by atoms with van der Waals surface area (Å²) in [7, 11) is 1.64. The number of benzene rings is 2. The Labute approximate surface area is 190 Å². The van der Waals surface area contributed by atoms with Crippen molar-refractivity contribution in [3.8, 4) is 5.75 Å².